The molecule has 0 saturated heterocycles. The third-order valence-electron chi connectivity index (χ3n) is 3.05. The molecule has 0 aliphatic carbocycles. The Morgan fingerprint density at radius 1 is 1.56 bits per heavy atom. The van der Waals surface area contributed by atoms with Crippen molar-refractivity contribution in [2.75, 3.05) is 33.9 Å². The smallest absolute Gasteiger partial charge is 0.105 e. The Kier molecular flexibility index (Phi) is 7.31. The molecular formula is C12H25N3O. The summed E-state index contributed by atoms with van der Waals surface area (Å²) in [5, 5.41) is 12.1. The maximum Gasteiger partial charge on any atom is 0.105 e. The molecule has 0 aromatic rings. The summed E-state index contributed by atoms with van der Waals surface area (Å²) in [4.78, 5) is 2.22. The van der Waals surface area contributed by atoms with Gasteiger partial charge in [0.2, 0.25) is 0 Å². The van der Waals surface area contributed by atoms with E-state index < -0.39 is 5.54 Å². The number of nitrogens with zero attached hydrogens (tertiary/aromatic N) is 2. The summed E-state index contributed by atoms with van der Waals surface area (Å²) in [7, 11) is 3.90. The molecule has 1 N–H and O–H groups in total. The van der Waals surface area contributed by atoms with Gasteiger partial charge in [0.25, 0.3) is 0 Å². The van der Waals surface area contributed by atoms with Gasteiger partial charge in [-0.2, -0.15) is 5.26 Å². The number of nitriles is 1. The molecule has 94 valence electrons. The highest BCUT2D eigenvalue weighted by Gasteiger charge is 2.25. The van der Waals surface area contributed by atoms with Gasteiger partial charge >= 0.3 is 0 Å². The second kappa shape index (κ2) is 7.61. The SMILES string of the molecule is CCOCCN(C)C(C)CC(C)(C#N)NC. The molecule has 2 atom stereocenters. The highest BCUT2D eigenvalue weighted by atomic mass is 16.5. The minimum Gasteiger partial charge on any atom is -0.380 e. The normalized spacial score (nSPS) is 16.8. The van der Waals surface area contributed by atoms with Crippen LogP contribution in [-0.2, 0) is 4.74 Å². The van der Waals surface area contributed by atoms with Crippen molar-refractivity contribution in [2.45, 2.75) is 38.8 Å². The molecule has 0 rings (SSSR count). The number of hydrogen-bond acceptors (Lipinski definition) is 4. The molecule has 0 radical (unpaired) electrons. The molecule has 0 aliphatic rings. The summed E-state index contributed by atoms with van der Waals surface area (Å²) in [6.07, 6.45) is 0.808. The van der Waals surface area contributed by atoms with Gasteiger partial charge in [-0.1, -0.05) is 0 Å². The van der Waals surface area contributed by atoms with Crippen LogP contribution in [0.4, 0.5) is 0 Å². The number of ether oxygens (including phenoxy) is 1. The molecule has 0 heterocycles. The molecule has 0 bridgehead atoms. The molecule has 0 amide bonds. The first kappa shape index (κ1) is 15.4. The molecule has 4 nitrogen and oxygen atoms in total. The minimum absolute atomic E-state index is 0.359. The van der Waals surface area contributed by atoms with Gasteiger partial charge in [-0.25, -0.2) is 0 Å². The van der Waals surface area contributed by atoms with E-state index in [0.717, 1.165) is 26.2 Å². The van der Waals surface area contributed by atoms with Gasteiger partial charge in [0.05, 0.1) is 12.7 Å². The van der Waals surface area contributed by atoms with Crippen LogP contribution in [0.2, 0.25) is 0 Å². The molecule has 0 spiro atoms. The Labute approximate surface area is 99.6 Å². The van der Waals surface area contributed by atoms with E-state index in [9.17, 15) is 0 Å². The zero-order valence-corrected chi connectivity index (χ0v) is 11.2. The van der Waals surface area contributed by atoms with Crippen molar-refractivity contribution in [3.8, 4) is 6.07 Å². The summed E-state index contributed by atoms with van der Waals surface area (Å²) in [5.74, 6) is 0. The van der Waals surface area contributed by atoms with Crippen molar-refractivity contribution < 1.29 is 4.74 Å². The molecule has 4 heteroatoms. The van der Waals surface area contributed by atoms with E-state index in [1.165, 1.54) is 0 Å². The molecule has 0 aromatic carbocycles. The summed E-state index contributed by atoms with van der Waals surface area (Å²) >= 11 is 0. The van der Waals surface area contributed by atoms with Crippen molar-refractivity contribution in [2.24, 2.45) is 0 Å². The Morgan fingerprint density at radius 3 is 2.62 bits per heavy atom. The predicted molar refractivity (Wildman–Crippen MR) is 66.3 cm³/mol. The third-order valence-corrected chi connectivity index (χ3v) is 3.05. The lowest BCUT2D eigenvalue weighted by atomic mass is 9.95. The number of likely N-dealkylation sites (N-methyl/N-ethyl adjacent to an activating group) is 1. The summed E-state index contributed by atoms with van der Waals surface area (Å²) in [6, 6.07) is 2.67. The van der Waals surface area contributed by atoms with Gasteiger partial charge < -0.3 is 15.0 Å². The van der Waals surface area contributed by atoms with Gasteiger partial charge in [-0.3, -0.25) is 0 Å². The molecule has 2 unspecified atom stereocenters. The minimum atomic E-state index is -0.445. The van der Waals surface area contributed by atoms with Crippen LogP contribution in [0, 0.1) is 11.3 Å². The van der Waals surface area contributed by atoms with E-state index >= 15 is 0 Å². The fraction of sp³-hybridized carbons (Fsp3) is 0.917. The first-order valence-electron chi connectivity index (χ1n) is 5.87. The Bertz CT molecular complexity index is 227. The van der Waals surface area contributed by atoms with Gasteiger partial charge in [0, 0.05) is 19.2 Å². The monoisotopic (exact) mass is 227 g/mol. The van der Waals surface area contributed by atoms with Crippen LogP contribution in [0.3, 0.4) is 0 Å². The zero-order chi connectivity index (χ0) is 12.6. The van der Waals surface area contributed by atoms with Gasteiger partial charge in [0.15, 0.2) is 0 Å². The van der Waals surface area contributed by atoms with Crippen LogP contribution in [0.1, 0.15) is 27.2 Å². The number of nitrogens with one attached hydrogen (secondary N) is 1. The maximum absolute atomic E-state index is 9.07. The van der Waals surface area contributed by atoms with E-state index in [2.05, 4.69) is 30.3 Å². The lowest BCUT2D eigenvalue weighted by Crippen LogP contribution is -2.45. The Hall–Kier alpha value is -0.630. The third kappa shape index (κ3) is 5.45. The first-order valence-corrected chi connectivity index (χ1v) is 5.87. The highest BCUT2D eigenvalue weighted by molar-refractivity contribution is 5.04. The van der Waals surface area contributed by atoms with Gasteiger partial charge in [-0.05, 0) is 41.3 Å². The number of rotatable bonds is 8. The standard InChI is InChI=1S/C12H25N3O/c1-6-16-8-7-15(5)11(2)9-12(3,10-13)14-4/h11,14H,6-9H2,1-5H3. The van der Waals surface area contributed by atoms with Crippen molar-refractivity contribution in [3.63, 3.8) is 0 Å². The largest absolute Gasteiger partial charge is 0.380 e. The second-order valence-electron chi connectivity index (χ2n) is 4.42. The zero-order valence-electron chi connectivity index (χ0n) is 11.2. The molecule has 0 aliphatic heterocycles. The van der Waals surface area contributed by atoms with Crippen LogP contribution in [0.25, 0.3) is 0 Å². The lowest BCUT2D eigenvalue weighted by molar-refractivity contribution is 0.104. The van der Waals surface area contributed by atoms with Crippen LogP contribution < -0.4 is 5.32 Å². The maximum atomic E-state index is 9.07. The van der Waals surface area contributed by atoms with Crippen molar-refractivity contribution in [1.82, 2.24) is 10.2 Å². The van der Waals surface area contributed by atoms with E-state index in [4.69, 9.17) is 10.00 Å². The predicted octanol–water partition coefficient (Wildman–Crippen LogP) is 1.23. The molecule has 16 heavy (non-hydrogen) atoms. The van der Waals surface area contributed by atoms with Crippen molar-refractivity contribution in [1.29, 1.82) is 5.26 Å². The fourth-order valence-corrected chi connectivity index (χ4v) is 1.52. The average Bonchev–Trinajstić information content (AvgIpc) is 2.29. The molecule has 0 aromatic heterocycles. The number of hydrogen-bond donors (Lipinski definition) is 1. The fourth-order valence-electron chi connectivity index (χ4n) is 1.52. The summed E-state index contributed by atoms with van der Waals surface area (Å²) in [5.41, 5.74) is -0.445. The van der Waals surface area contributed by atoms with Crippen LogP contribution >= 0.6 is 0 Å². The van der Waals surface area contributed by atoms with E-state index in [1.807, 2.05) is 20.9 Å². The van der Waals surface area contributed by atoms with E-state index in [-0.39, 0.29) is 0 Å². The average molecular weight is 227 g/mol. The van der Waals surface area contributed by atoms with Crippen molar-refractivity contribution >= 4 is 0 Å². The van der Waals surface area contributed by atoms with Crippen molar-refractivity contribution in [3.05, 3.63) is 0 Å². The van der Waals surface area contributed by atoms with Crippen LogP contribution in [-0.4, -0.2) is 50.3 Å². The highest BCUT2D eigenvalue weighted by Crippen LogP contribution is 2.13. The molecule has 0 fully saturated rings. The van der Waals surface area contributed by atoms with E-state index in [0.29, 0.717) is 6.04 Å². The molecule has 0 saturated carbocycles. The quantitative estimate of drug-likeness (QED) is 0.634. The van der Waals surface area contributed by atoms with Crippen LogP contribution in [0.5, 0.6) is 0 Å². The molecular weight excluding hydrogens is 202 g/mol. The van der Waals surface area contributed by atoms with E-state index in [1.54, 1.807) is 0 Å². The topological polar surface area (TPSA) is 48.3 Å². The Morgan fingerprint density at radius 2 is 2.19 bits per heavy atom. The Balaban J connectivity index is 4.04. The van der Waals surface area contributed by atoms with Gasteiger partial charge in [0.1, 0.15) is 5.54 Å². The summed E-state index contributed by atoms with van der Waals surface area (Å²) < 4.78 is 5.31. The lowest BCUT2D eigenvalue weighted by Gasteiger charge is -2.30. The first-order chi connectivity index (χ1) is 7.49. The summed E-state index contributed by atoms with van der Waals surface area (Å²) in [6.45, 7) is 8.48. The van der Waals surface area contributed by atoms with Gasteiger partial charge in [-0.15, -0.1) is 0 Å². The second-order valence-corrected chi connectivity index (χ2v) is 4.42. The van der Waals surface area contributed by atoms with Crippen LogP contribution in [0.15, 0.2) is 0 Å².